The molecule has 2 unspecified atom stereocenters. The van der Waals surface area contributed by atoms with Gasteiger partial charge in [-0.3, -0.25) is 4.79 Å². The van der Waals surface area contributed by atoms with Crippen molar-refractivity contribution < 1.29 is 4.79 Å². The van der Waals surface area contributed by atoms with Crippen LogP contribution < -0.4 is 16.0 Å². The van der Waals surface area contributed by atoms with Crippen LogP contribution in [0.2, 0.25) is 0 Å². The summed E-state index contributed by atoms with van der Waals surface area (Å²) in [6, 6.07) is 0.157. The van der Waals surface area contributed by atoms with E-state index in [9.17, 15) is 4.79 Å². The van der Waals surface area contributed by atoms with Gasteiger partial charge in [-0.15, -0.1) is 0 Å². The highest BCUT2D eigenvalue weighted by Gasteiger charge is 2.22. The molecule has 0 saturated carbocycles. The number of thiazole rings is 1. The Balaban J connectivity index is 1.98. The Hall–Kier alpha value is -1.30. The molecule has 6 heteroatoms. The van der Waals surface area contributed by atoms with E-state index in [0.29, 0.717) is 16.6 Å². The first-order valence-corrected chi connectivity index (χ1v) is 8.65. The molecule has 0 aliphatic carbocycles. The lowest BCUT2D eigenvalue weighted by Crippen LogP contribution is -2.33. The quantitative estimate of drug-likeness (QED) is 0.847. The first-order chi connectivity index (χ1) is 10.0. The zero-order valence-electron chi connectivity index (χ0n) is 13.2. The van der Waals surface area contributed by atoms with Gasteiger partial charge in [-0.2, -0.15) is 0 Å². The van der Waals surface area contributed by atoms with Crippen LogP contribution in [-0.2, 0) is 0 Å². The third-order valence-electron chi connectivity index (χ3n) is 4.06. The molecule has 5 nitrogen and oxygen atoms in total. The standard InChI is InChI=1S/C15H26N4OS/c1-4-10(2)9-11(3)17-14(20)12-13(16)18-15(21-12)19-7-5-6-8-19/h10-11H,4-9,16H2,1-3H3,(H,17,20). The topological polar surface area (TPSA) is 71.2 Å². The van der Waals surface area contributed by atoms with Gasteiger partial charge < -0.3 is 16.0 Å². The number of amides is 1. The third-order valence-corrected chi connectivity index (χ3v) is 5.19. The zero-order chi connectivity index (χ0) is 15.4. The number of nitrogens with zero attached hydrogens (tertiary/aromatic N) is 2. The van der Waals surface area contributed by atoms with Gasteiger partial charge in [0.15, 0.2) is 5.13 Å². The highest BCUT2D eigenvalue weighted by atomic mass is 32.1. The third kappa shape index (κ3) is 4.09. The molecule has 0 spiro atoms. The molecule has 2 heterocycles. The Morgan fingerprint density at radius 3 is 2.71 bits per heavy atom. The van der Waals surface area contributed by atoms with Crippen molar-refractivity contribution in [3.8, 4) is 0 Å². The number of rotatable bonds is 6. The van der Waals surface area contributed by atoms with Crippen molar-refractivity contribution in [2.45, 2.75) is 52.5 Å². The van der Waals surface area contributed by atoms with Gasteiger partial charge in [0.1, 0.15) is 10.7 Å². The second-order valence-corrected chi connectivity index (χ2v) is 7.01. The van der Waals surface area contributed by atoms with Crippen LogP contribution in [0.5, 0.6) is 0 Å². The van der Waals surface area contributed by atoms with Gasteiger partial charge in [-0.05, 0) is 32.1 Å². The fourth-order valence-corrected chi connectivity index (χ4v) is 3.59. The molecule has 1 aromatic heterocycles. The van der Waals surface area contributed by atoms with Crippen molar-refractivity contribution in [3.63, 3.8) is 0 Å². The van der Waals surface area contributed by atoms with E-state index in [0.717, 1.165) is 31.1 Å². The second kappa shape index (κ2) is 7.11. The van der Waals surface area contributed by atoms with E-state index in [1.54, 1.807) is 0 Å². The van der Waals surface area contributed by atoms with Gasteiger partial charge in [0.2, 0.25) is 0 Å². The van der Waals surface area contributed by atoms with E-state index >= 15 is 0 Å². The summed E-state index contributed by atoms with van der Waals surface area (Å²) in [5.41, 5.74) is 5.92. The minimum absolute atomic E-state index is 0.0914. The van der Waals surface area contributed by atoms with Crippen LogP contribution in [0.1, 0.15) is 56.1 Å². The van der Waals surface area contributed by atoms with Gasteiger partial charge in [0.25, 0.3) is 5.91 Å². The molecule has 1 amide bonds. The molecule has 1 fully saturated rings. The van der Waals surface area contributed by atoms with Crippen molar-refractivity contribution >= 4 is 28.2 Å². The summed E-state index contributed by atoms with van der Waals surface area (Å²) in [4.78, 5) is 19.5. The number of nitrogens with two attached hydrogens (primary N) is 1. The summed E-state index contributed by atoms with van der Waals surface area (Å²) in [7, 11) is 0. The van der Waals surface area contributed by atoms with Crippen LogP contribution >= 0.6 is 11.3 Å². The lowest BCUT2D eigenvalue weighted by Gasteiger charge is -2.17. The minimum Gasteiger partial charge on any atom is -0.382 e. The van der Waals surface area contributed by atoms with E-state index in [2.05, 4.69) is 29.0 Å². The molecule has 3 N–H and O–H groups in total. The number of nitrogen functional groups attached to an aromatic ring is 1. The summed E-state index contributed by atoms with van der Waals surface area (Å²) in [5.74, 6) is 0.876. The Bertz CT molecular complexity index is 482. The van der Waals surface area contributed by atoms with Crippen molar-refractivity contribution in [1.29, 1.82) is 0 Å². The van der Waals surface area contributed by atoms with Crippen LogP contribution in [0, 0.1) is 5.92 Å². The predicted molar refractivity (Wildman–Crippen MR) is 89.0 cm³/mol. The first kappa shape index (κ1) is 16.1. The van der Waals surface area contributed by atoms with Crippen molar-refractivity contribution in [2.24, 2.45) is 5.92 Å². The zero-order valence-corrected chi connectivity index (χ0v) is 14.0. The number of carbonyl (C=O) groups is 1. The summed E-state index contributed by atoms with van der Waals surface area (Å²) in [5, 5.41) is 3.92. The summed E-state index contributed by atoms with van der Waals surface area (Å²) >= 11 is 1.41. The lowest BCUT2D eigenvalue weighted by molar-refractivity contribution is 0.0940. The van der Waals surface area contributed by atoms with Crippen LogP contribution in [0.15, 0.2) is 0 Å². The Morgan fingerprint density at radius 1 is 1.43 bits per heavy atom. The Labute approximate surface area is 130 Å². The summed E-state index contributed by atoms with van der Waals surface area (Å²) in [6.45, 7) is 8.44. The summed E-state index contributed by atoms with van der Waals surface area (Å²) < 4.78 is 0. The average Bonchev–Trinajstić information content (AvgIpc) is 3.06. The average molecular weight is 310 g/mol. The maximum atomic E-state index is 12.3. The van der Waals surface area contributed by atoms with Crippen molar-refractivity contribution in [2.75, 3.05) is 23.7 Å². The van der Waals surface area contributed by atoms with Gasteiger partial charge in [0, 0.05) is 19.1 Å². The summed E-state index contributed by atoms with van der Waals surface area (Å²) in [6.07, 6.45) is 4.49. The molecule has 118 valence electrons. The van der Waals surface area contributed by atoms with Crippen molar-refractivity contribution in [1.82, 2.24) is 10.3 Å². The number of hydrogen-bond acceptors (Lipinski definition) is 5. The predicted octanol–water partition coefficient (Wildman–Crippen LogP) is 2.88. The normalized spacial score (nSPS) is 17.8. The van der Waals surface area contributed by atoms with Crippen LogP contribution in [0.4, 0.5) is 10.9 Å². The molecule has 0 bridgehead atoms. The fourth-order valence-electron chi connectivity index (χ4n) is 2.65. The molecule has 1 aliphatic heterocycles. The fraction of sp³-hybridized carbons (Fsp3) is 0.733. The first-order valence-electron chi connectivity index (χ1n) is 7.83. The molecular weight excluding hydrogens is 284 g/mol. The van der Waals surface area contributed by atoms with Gasteiger partial charge in [-0.25, -0.2) is 4.98 Å². The van der Waals surface area contributed by atoms with Crippen LogP contribution in [-0.4, -0.2) is 30.0 Å². The molecule has 2 atom stereocenters. The molecule has 2 rings (SSSR count). The number of nitrogens with one attached hydrogen (secondary N) is 1. The maximum Gasteiger partial charge on any atom is 0.265 e. The number of carbonyl (C=O) groups excluding carboxylic acids is 1. The number of hydrogen-bond donors (Lipinski definition) is 2. The largest absolute Gasteiger partial charge is 0.382 e. The van der Waals surface area contributed by atoms with E-state index in [4.69, 9.17) is 5.73 Å². The van der Waals surface area contributed by atoms with E-state index in [-0.39, 0.29) is 11.9 Å². The number of aromatic nitrogens is 1. The Morgan fingerprint density at radius 2 is 2.10 bits per heavy atom. The SMILES string of the molecule is CCC(C)CC(C)NC(=O)c1sc(N2CCCC2)nc1N. The lowest BCUT2D eigenvalue weighted by atomic mass is 10.0. The van der Waals surface area contributed by atoms with E-state index < -0.39 is 0 Å². The van der Waals surface area contributed by atoms with Crippen LogP contribution in [0.3, 0.4) is 0 Å². The molecular formula is C15H26N4OS. The molecule has 0 aromatic carbocycles. The van der Waals surface area contributed by atoms with Gasteiger partial charge in [0.05, 0.1) is 0 Å². The molecule has 21 heavy (non-hydrogen) atoms. The highest BCUT2D eigenvalue weighted by Crippen LogP contribution is 2.30. The van der Waals surface area contributed by atoms with Crippen LogP contribution in [0.25, 0.3) is 0 Å². The minimum atomic E-state index is -0.0914. The van der Waals surface area contributed by atoms with Gasteiger partial charge in [-0.1, -0.05) is 31.6 Å². The maximum absolute atomic E-state index is 12.3. The second-order valence-electron chi connectivity index (χ2n) is 6.03. The van der Waals surface area contributed by atoms with E-state index in [1.807, 2.05) is 6.92 Å². The molecule has 1 aliphatic rings. The molecule has 0 radical (unpaired) electrons. The number of anilines is 2. The monoisotopic (exact) mass is 310 g/mol. The molecule has 1 aromatic rings. The highest BCUT2D eigenvalue weighted by molar-refractivity contribution is 7.18. The van der Waals surface area contributed by atoms with Crippen molar-refractivity contribution in [3.05, 3.63) is 4.88 Å². The van der Waals surface area contributed by atoms with Gasteiger partial charge >= 0.3 is 0 Å². The Kier molecular flexibility index (Phi) is 5.45. The smallest absolute Gasteiger partial charge is 0.265 e. The van der Waals surface area contributed by atoms with E-state index in [1.165, 1.54) is 24.2 Å². The molecule has 1 saturated heterocycles.